The second-order valence-electron chi connectivity index (χ2n) is 5.15. The van der Waals surface area contributed by atoms with Gasteiger partial charge in [0.1, 0.15) is 5.82 Å². The summed E-state index contributed by atoms with van der Waals surface area (Å²) in [5.41, 5.74) is 0.976. The van der Waals surface area contributed by atoms with Gasteiger partial charge >= 0.3 is 0 Å². The summed E-state index contributed by atoms with van der Waals surface area (Å²) in [6, 6.07) is 6.12. The minimum atomic E-state index is -0.322. The molecular weight excluding hydrogens is 273 g/mol. The first-order chi connectivity index (χ1) is 10.1. The Morgan fingerprint density at radius 3 is 3.00 bits per heavy atom. The van der Waals surface area contributed by atoms with Crippen molar-refractivity contribution in [2.24, 2.45) is 0 Å². The van der Waals surface area contributed by atoms with Crippen molar-refractivity contribution in [2.45, 2.75) is 19.0 Å². The van der Waals surface area contributed by atoms with Gasteiger partial charge in [0.05, 0.1) is 18.3 Å². The van der Waals surface area contributed by atoms with Crippen molar-refractivity contribution < 1.29 is 9.18 Å². The van der Waals surface area contributed by atoms with E-state index in [-0.39, 0.29) is 29.5 Å². The fourth-order valence-electron chi connectivity index (χ4n) is 2.15. The van der Waals surface area contributed by atoms with Gasteiger partial charge in [-0.15, -0.1) is 5.10 Å². The molecule has 1 aliphatic rings. The highest BCUT2D eigenvalue weighted by atomic mass is 19.1. The SMILES string of the molecule is CC(NC(=O)c1cn(C2CNC2)nn1)c1cccc(F)c1. The molecule has 1 atom stereocenters. The smallest absolute Gasteiger partial charge is 0.273 e. The molecule has 2 heterocycles. The number of aromatic nitrogens is 3. The molecule has 2 aromatic rings. The zero-order valence-corrected chi connectivity index (χ0v) is 11.6. The van der Waals surface area contributed by atoms with Crippen LogP contribution >= 0.6 is 0 Å². The molecule has 0 radical (unpaired) electrons. The van der Waals surface area contributed by atoms with Crippen LogP contribution in [0.5, 0.6) is 0 Å². The molecule has 0 bridgehead atoms. The lowest BCUT2D eigenvalue weighted by Gasteiger charge is -2.26. The highest BCUT2D eigenvalue weighted by Crippen LogP contribution is 2.14. The van der Waals surface area contributed by atoms with E-state index < -0.39 is 0 Å². The van der Waals surface area contributed by atoms with Crippen molar-refractivity contribution in [2.75, 3.05) is 13.1 Å². The number of rotatable bonds is 4. The van der Waals surface area contributed by atoms with Crippen LogP contribution in [-0.4, -0.2) is 34.0 Å². The van der Waals surface area contributed by atoms with E-state index in [1.54, 1.807) is 29.9 Å². The summed E-state index contributed by atoms with van der Waals surface area (Å²) < 4.78 is 14.9. The Bertz CT molecular complexity index is 652. The van der Waals surface area contributed by atoms with E-state index in [1.165, 1.54) is 12.1 Å². The van der Waals surface area contributed by atoms with Crippen LogP contribution in [0, 0.1) is 5.82 Å². The third kappa shape index (κ3) is 2.92. The number of carbonyl (C=O) groups is 1. The Hall–Kier alpha value is -2.28. The van der Waals surface area contributed by atoms with Crippen LogP contribution in [0.15, 0.2) is 30.5 Å². The molecule has 6 nitrogen and oxygen atoms in total. The standard InChI is InChI=1S/C14H16FN5O/c1-9(10-3-2-4-11(15)5-10)17-14(21)13-8-20(19-18-13)12-6-16-7-12/h2-5,8-9,12,16H,6-7H2,1H3,(H,17,21). The van der Waals surface area contributed by atoms with Crippen molar-refractivity contribution in [3.8, 4) is 0 Å². The molecule has 1 amide bonds. The Balaban J connectivity index is 1.66. The molecule has 1 unspecified atom stereocenters. The van der Waals surface area contributed by atoms with Gasteiger partial charge in [-0.05, 0) is 24.6 Å². The quantitative estimate of drug-likeness (QED) is 0.882. The molecule has 1 aromatic carbocycles. The molecule has 110 valence electrons. The number of benzene rings is 1. The van der Waals surface area contributed by atoms with Crippen molar-refractivity contribution in [3.05, 3.63) is 47.5 Å². The molecule has 1 aromatic heterocycles. The first-order valence-corrected chi connectivity index (χ1v) is 6.82. The molecule has 0 aliphatic carbocycles. The molecule has 21 heavy (non-hydrogen) atoms. The number of hydrogen-bond donors (Lipinski definition) is 2. The predicted octanol–water partition coefficient (Wildman–Crippen LogP) is 1.05. The minimum Gasteiger partial charge on any atom is -0.344 e. The Kier molecular flexibility index (Phi) is 3.66. The van der Waals surface area contributed by atoms with Crippen LogP contribution in [0.4, 0.5) is 4.39 Å². The molecule has 1 aliphatic heterocycles. The highest BCUT2D eigenvalue weighted by Gasteiger charge is 2.22. The van der Waals surface area contributed by atoms with Crippen molar-refractivity contribution in [1.29, 1.82) is 0 Å². The number of carbonyl (C=O) groups excluding carboxylic acids is 1. The fourth-order valence-corrected chi connectivity index (χ4v) is 2.15. The molecule has 2 N–H and O–H groups in total. The van der Waals surface area contributed by atoms with E-state index in [4.69, 9.17) is 0 Å². The van der Waals surface area contributed by atoms with Gasteiger partial charge in [-0.2, -0.15) is 0 Å². The van der Waals surface area contributed by atoms with Gasteiger partial charge in [0.15, 0.2) is 5.69 Å². The second kappa shape index (κ2) is 5.61. The Morgan fingerprint density at radius 2 is 2.33 bits per heavy atom. The van der Waals surface area contributed by atoms with E-state index >= 15 is 0 Å². The number of nitrogens with one attached hydrogen (secondary N) is 2. The summed E-state index contributed by atoms with van der Waals surface area (Å²) in [7, 11) is 0. The van der Waals surface area contributed by atoms with Gasteiger partial charge in [0, 0.05) is 13.1 Å². The van der Waals surface area contributed by atoms with Crippen LogP contribution in [0.1, 0.15) is 35.1 Å². The third-order valence-corrected chi connectivity index (χ3v) is 3.57. The van der Waals surface area contributed by atoms with Gasteiger partial charge in [0.25, 0.3) is 5.91 Å². The molecule has 1 saturated heterocycles. The second-order valence-corrected chi connectivity index (χ2v) is 5.15. The highest BCUT2D eigenvalue weighted by molar-refractivity contribution is 5.92. The van der Waals surface area contributed by atoms with E-state index in [9.17, 15) is 9.18 Å². The Morgan fingerprint density at radius 1 is 1.52 bits per heavy atom. The lowest BCUT2D eigenvalue weighted by atomic mass is 10.1. The molecular formula is C14H16FN5O. The lowest BCUT2D eigenvalue weighted by Crippen LogP contribution is -2.43. The van der Waals surface area contributed by atoms with Gasteiger partial charge in [0.2, 0.25) is 0 Å². The fraction of sp³-hybridized carbons (Fsp3) is 0.357. The summed E-state index contributed by atoms with van der Waals surface area (Å²) in [6.07, 6.45) is 1.64. The maximum atomic E-state index is 13.2. The van der Waals surface area contributed by atoms with Crippen LogP contribution in [-0.2, 0) is 0 Å². The Labute approximate surface area is 121 Å². The number of halogens is 1. The summed E-state index contributed by atoms with van der Waals surface area (Å²) in [6.45, 7) is 3.47. The summed E-state index contributed by atoms with van der Waals surface area (Å²) >= 11 is 0. The van der Waals surface area contributed by atoms with Gasteiger partial charge in [-0.1, -0.05) is 17.3 Å². The molecule has 3 rings (SSSR count). The number of amides is 1. The average molecular weight is 289 g/mol. The third-order valence-electron chi connectivity index (χ3n) is 3.57. The minimum absolute atomic E-state index is 0.264. The monoisotopic (exact) mass is 289 g/mol. The van der Waals surface area contributed by atoms with Crippen molar-refractivity contribution >= 4 is 5.91 Å². The van der Waals surface area contributed by atoms with E-state index in [0.717, 1.165) is 13.1 Å². The maximum absolute atomic E-state index is 13.2. The molecule has 7 heteroatoms. The van der Waals surface area contributed by atoms with Crippen LogP contribution in [0.25, 0.3) is 0 Å². The molecule has 1 fully saturated rings. The first kappa shape index (κ1) is 13.7. The number of nitrogens with zero attached hydrogens (tertiary/aromatic N) is 3. The summed E-state index contributed by atoms with van der Waals surface area (Å²) in [5.74, 6) is -0.637. The van der Waals surface area contributed by atoms with Crippen LogP contribution < -0.4 is 10.6 Å². The zero-order valence-electron chi connectivity index (χ0n) is 11.6. The first-order valence-electron chi connectivity index (χ1n) is 6.82. The van der Waals surface area contributed by atoms with Crippen LogP contribution in [0.3, 0.4) is 0 Å². The zero-order chi connectivity index (χ0) is 14.8. The topological polar surface area (TPSA) is 71.8 Å². The summed E-state index contributed by atoms with van der Waals surface area (Å²) in [5, 5.41) is 13.8. The van der Waals surface area contributed by atoms with E-state index in [0.29, 0.717) is 5.56 Å². The van der Waals surface area contributed by atoms with E-state index in [1.807, 2.05) is 0 Å². The molecule has 0 saturated carbocycles. The van der Waals surface area contributed by atoms with Gasteiger partial charge < -0.3 is 10.6 Å². The largest absolute Gasteiger partial charge is 0.344 e. The number of hydrogen-bond acceptors (Lipinski definition) is 4. The van der Waals surface area contributed by atoms with Gasteiger partial charge in [-0.3, -0.25) is 4.79 Å². The van der Waals surface area contributed by atoms with Crippen LogP contribution in [0.2, 0.25) is 0 Å². The summed E-state index contributed by atoms with van der Waals surface area (Å²) in [4.78, 5) is 12.1. The normalized spacial score (nSPS) is 16.3. The van der Waals surface area contributed by atoms with Gasteiger partial charge in [-0.25, -0.2) is 9.07 Å². The van der Waals surface area contributed by atoms with Crippen molar-refractivity contribution in [3.63, 3.8) is 0 Å². The van der Waals surface area contributed by atoms with E-state index in [2.05, 4.69) is 20.9 Å². The van der Waals surface area contributed by atoms with Crippen molar-refractivity contribution in [1.82, 2.24) is 25.6 Å². The maximum Gasteiger partial charge on any atom is 0.273 e. The predicted molar refractivity (Wildman–Crippen MR) is 74.2 cm³/mol. The average Bonchev–Trinajstić information content (AvgIpc) is 2.86. The molecule has 0 spiro atoms. The lowest BCUT2D eigenvalue weighted by molar-refractivity contribution is 0.0934.